The lowest BCUT2D eigenvalue weighted by Gasteiger charge is -2.03. The van der Waals surface area contributed by atoms with Crippen molar-refractivity contribution in [3.63, 3.8) is 0 Å². The molecule has 21 heavy (non-hydrogen) atoms. The predicted octanol–water partition coefficient (Wildman–Crippen LogP) is 4.04. The minimum Gasteiger partial charge on any atom is -0.411 e. The molecule has 2 aromatic heterocycles. The molecule has 2 heterocycles. The van der Waals surface area contributed by atoms with E-state index >= 15 is 0 Å². The monoisotopic (exact) mass is 297 g/mol. The molecule has 0 spiro atoms. The molecule has 5 heteroatoms. The highest BCUT2D eigenvalue weighted by Gasteiger charge is 2.09. The molecule has 0 atom stereocenters. The first-order valence-electron chi connectivity index (χ1n) is 6.65. The minimum atomic E-state index is 0.528. The van der Waals surface area contributed by atoms with E-state index in [1.54, 1.807) is 24.2 Å². The average Bonchev–Trinajstić information content (AvgIpc) is 2.98. The van der Waals surface area contributed by atoms with E-state index in [1.807, 2.05) is 12.1 Å². The highest BCUT2D eigenvalue weighted by atomic mass is 32.2. The van der Waals surface area contributed by atoms with Gasteiger partial charge in [-0.2, -0.15) is 0 Å². The van der Waals surface area contributed by atoms with Crippen molar-refractivity contribution >= 4 is 11.8 Å². The van der Waals surface area contributed by atoms with Crippen molar-refractivity contribution in [1.29, 1.82) is 0 Å². The zero-order chi connectivity index (χ0) is 14.7. The maximum Gasteiger partial charge on any atom is 0.277 e. The zero-order valence-electron chi connectivity index (χ0n) is 11.9. The molecular formula is C16H15N3OS. The van der Waals surface area contributed by atoms with Crippen LogP contribution >= 0.6 is 11.8 Å². The first kappa shape index (κ1) is 13.8. The van der Waals surface area contributed by atoms with E-state index in [4.69, 9.17) is 4.42 Å². The number of rotatable bonds is 4. The van der Waals surface area contributed by atoms with Crippen molar-refractivity contribution in [2.45, 2.75) is 24.8 Å². The van der Waals surface area contributed by atoms with Crippen LogP contribution in [0.1, 0.15) is 16.7 Å². The van der Waals surface area contributed by atoms with Crippen molar-refractivity contribution in [1.82, 2.24) is 15.2 Å². The van der Waals surface area contributed by atoms with Gasteiger partial charge in [0.1, 0.15) is 0 Å². The van der Waals surface area contributed by atoms with Gasteiger partial charge in [-0.25, -0.2) is 0 Å². The van der Waals surface area contributed by atoms with Gasteiger partial charge in [-0.05, 0) is 42.7 Å². The Kier molecular flexibility index (Phi) is 4.01. The molecular weight excluding hydrogens is 282 g/mol. The molecule has 4 nitrogen and oxygen atoms in total. The standard InChI is InChI=1S/C16H15N3OS/c1-11-3-4-13(9-12(11)2)10-21-16-19-18-15(20-16)14-5-7-17-8-6-14/h3-9H,10H2,1-2H3. The Morgan fingerprint density at radius 2 is 1.81 bits per heavy atom. The van der Waals surface area contributed by atoms with Gasteiger partial charge >= 0.3 is 0 Å². The van der Waals surface area contributed by atoms with Crippen molar-refractivity contribution in [3.8, 4) is 11.5 Å². The smallest absolute Gasteiger partial charge is 0.277 e. The number of thioether (sulfide) groups is 1. The highest BCUT2D eigenvalue weighted by molar-refractivity contribution is 7.98. The van der Waals surface area contributed by atoms with Crippen molar-refractivity contribution in [2.24, 2.45) is 0 Å². The topological polar surface area (TPSA) is 51.8 Å². The number of aryl methyl sites for hydroxylation is 2. The van der Waals surface area contributed by atoms with Crippen LogP contribution in [0.25, 0.3) is 11.5 Å². The predicted molar refractivity (Wildman–Crippen MR) is 83.0 cm³/mol. The molecule has 1 aromatic carbocycles. The number of nitrogens with zero attached hydrogens (tertiary/aromatic N) is 3. The quantitative estimate of drug-likeness (QED) is 0.680. The maximum absolute atomic E-state index is 5.66. The lowest BCUT2D eigenvalue weighted by molar-refractivity contribution is 0.466. The van der Waals surface area contributed by atoms with Crippen LogP contribution in [0.15, 0.2) is 52.4 Å². The first-order chi connectivity index (χ1) is 10.2. The summed E-state index contributed by atoms with van der Waals surface area (Å²) < 4.78 is 5.66. The van der Waals surface area contributed by atoms with Crippen LogP contribution in [0.4, 0.5) is 0 Å². The summed E-state index contributed by atoms with van der Waals surface area (Å²) in [5.41, 5.74) is 4.75. The van der Waals surface area contributed by atoms with Gasteiger partial charge in [-0.15, -0.1) is 10.2 Å². The molecule has 0 aliphatic rings. The van der Waals surface area contributed by atoms with Crippen molar-refractivity contribution < 1.29 is 4.42 Å². The summed E-state index contributed by atoms with van der Waals surface area (Å²) in [6.07, 6.45) is 3.42. The number of pyridine rings is 1. The second-order valence-electron chi connectivity index (χ2n) is 4.82. The Bertz CT molecular complexity index is 740. The van der Waals surface area contributed by atoms with Gasteiger partial charge in [-0.3, -0.25) is 4.98 Å². The van der Waals surface area contributed by atoms with Gasteiger partial charge in [0.05, 0.1) is 0 Å². The molecule has 0 radical (unpaired) electrons. The molecule has 0 saturated heterocycles. The highest BCUT2D eigenvalue weighted by Crippen LogP contribution is 2.25. The van der Waals surface area contributed by atoms with E-state index < -0.39 is 0 Å². The second kappa shape index (κ2) is 6.10. The normalized spacial score (nSPS) is 10.8. The zero-order valence-corrected chi connectivity index (χ0v) is 12.7. The summed E-state index contributed by atoms with van der Waals surface area (Å²) in [5, 5.41) is 8.72. The van der Waals surface area contributed by atoms with Crippen LogP contribution < -0.4 is 0 Å². The van der Waals surface area contributed by atoms with E-state index in [9.17, 15) is 0 Å². The Morgan fingerprint density at radius 1 is 1.00 bits per heavy atom. The maximum atomic E-state index is 5.66. The van der Waals surface area contributed by atoms with E-state index in [0.29, 0.717) is 11.1 Å². The van der Waals surface area contributed by atoms with Crippen LogP contribution in [0.3, 0.4) is 0 Å². The van der Waals surface area contributed by atoms with E-state index in [1.165, 1.54) is 16.7 Å². The SMILES string of the molecule is Cc1ccc(CSc2nnc(-c3ccncc3)o2)cc1C. The third-order valence-corrected chi connectivity index (χ3v) is 4.16. The molecule has 0 fully saturated rings. The summed E-state index contributed by atoms with van der Waals surface area (Å²) in [6, 6.07) is 10.2. The first-order valence-corrected chi connectivity index (χ1v) is 7.64. The number of benzene rings is 1. The molecule has 3 aromatic rings. The van der Waals surface area contributed by atoms with Gasteiger partial charge in [0.2, 0.25) is 5.89 Å². The van der Waals surface area contributed by atoms with E-state index in [0.717, 1.165) is 11.3 Å². The molecule has 0 saturated carbocycles. The summed E-state index contributed by atoms with van der Waals surface area (Å²) in [7, 11) is 0. The number of hydrogen-bond acceptors (Lipinski definition) is 5. The summed E-state index contributed by atoms with van der Waals surface area (Å²) >= 11 is 1.55. The van der Waals surface area contributed by atoms with Crippen LogP contribution in [0.2, 0.25) is 0 Å². The van der Waals surface area contributed by atoms with Crippen LogP contribution in [0, 0.1) is 13.8 Å². The summed E-state index contributed by atoms with van der Waals surface area (Å²) in [6.45, 7) is 4.24. The lowest BCUT2D eigenvalue weighted by Crippen LogP contribution is -1.85. The van der Waals surface area contributed by atoms with Crippen LogP contribution in [-0.2, 0) is 5.75 Å². The lowest BCUT2D eigenvalue weighted by atomic mass is 10.1. The molecule has 0 bridgehead atoms. The molecule has 0 aliphatic carbocycles. The molecule has 0 N–H and O–H groups in total. The van der Waals surface area contributed by atoms with E-state index in [-0.39, 0.29) is 0 Å². The molecule has 0 amide bonds. The van der Waals surface area contributed by atoms with Crippen molar-refractivity contribution in [3.05, 3.63) is 59.4 Å². The third kappa shape index (κ3) is 3.31. The fourth-order valence-corrected chi connectivity index (χ4v) is 2.62. The minimum absolute atomic E-state index is 0.528. The molecule has 0 aliphatic heterocycles. The average molecular weight is 297 g/mol. The summed E-state index contributed by atoms with van der Waals surface area (Å²) in [4.78, 5) is 3.97. The number of aromatic nitrogens is 3. The fourth-order valence-electron chi connectivity index (χ4n) is 1.92. The van der Waals surface area contributed by atoms with Gasteiger partial charge < -0.3 is 4.42 Å². The van der Waals surface area contributed by atoms with E-state index in [2.05, 4.69) is 47.2 Å². The molecule has 106 valence electrons. The molecule has 0 unspecified atom stereocenters. The third-order valence-electron chi connectivity index (χ3n) is 3.27. The summed E-state index contributed by atoms with van der Waals surface area (Å²) in [5.74, 6) is 1.35. The van der Waals surface area contributed by atoms with Gasteiger partial charge in [-0.1, -0.05) is 30.0 Å². The van der Waals surface area contributed by atoms with Gasteiger partial charge in [0, 0.05) is 23.7 Å². The Hall–Kier alpha value is -2.14. The number of hydrogen-bond donors (Lipinski definition) is 0. The Balaban J connectivity index is 1.69. The van der Waals surface area contributed by atoms with Gasteiger partial charge in [0.15, 0.2) is 0 Å². The Labute approximate surface area is 127 Å². The van der Waals surface area contributed by atoms with Gasteiger partial charge in [0.25, 0.3) is 5.22 Å². The Morgan fingerprint density at radius 3 is 2.57 bits per heavy atom. The van der Waals surface area contributed by atoms with Crippen LogP contribution in [-0.4, -0.2) is 15.2 Å². The van der Waals surface area contributed by atoms with Crippen molar-refractivity contribution in [2.75, 3.05) is 0 Å². The van der Waals surface area contributed by atoms with Crippen LogP contribution in [0.5, 0.6) is 0 Å². The largest absolute Gasteiger partial charge is 0.411 e. The fraction of sp³-hybridized carbons (Fsp3) is 0.188. The molecule has 3 rings (SSSR count). The second-order valence-corrected chi connectivity index (χ2v) is 5.74.